The summed E-state index contributed by atoms with van der Waals surface area (Å²) < 4.78 is 7.26. The Kier molecular flexibility index (Phi) is 3.39. The number of carbonyl (C=O) groups is 1. The van der Waals surface area contributed by atoms with Crippen molar-refractivity contribution in [3.8, 4) is 0 Å². The van der Waals surface area contributed by atoms with E-state index in [2.05, 4.69) is 18.4 Å². The number of ether oxygens (including phenoxy) is 1. The lowest BCUT2D eigenvalue weighted by Crippen LogP contribution is -2.00. The molecule has 0 spiro atoms. The van der Waals surface area contributed by atoms with E-state index >= 15 is 0 Å². The molecule has 0 fully saturated rings. The monoisotopic (exact) mass is 247 g/mol. The summed E-state index contributed by atoms with van der Waals surface area (Å²) in [5, 5.41) is 10.1. The van der Waals surface area contributed by atoms with Gasteiger partial charge in [-0.1, -0.05) is 6.07 Å². The molecule has 1 N–H and O–H groups in total. The van der Waals surface area contributed by atoms with Crippen molar-refractivity contribution >= 4 is 16.9 Å². The van der Waals surface area contributed by atoms with Gasteiger partial charge in [-0.25, -0.2) is 4.79 Å². The number of fused-ring (bicyclic) bond motifs is 1. The maximum Gasteiger partial charge on any atom is 0.335 e. The topological polar surface area (TPSA) is 51.5 Å². The Hall–Kier alpha value is -1.81. The third kappa shape index (κ3) is 2.11. The lowest BCUT2D eigenvalue weighted by Gasteiger charge is -2.09. The van der Waals surface area contributed by atoms with E-state index in [4.69, 9.17) is 9.84 Å². The lowest BCUT2D eigenvalue weighted by atomic mass is 10.1. The molecule has 4 heteroatoms. The third-order valence-electron chi connectivity index (χ3n) is 3.02. The van der Waals surface area contributed by atoms with Crippen molar-refractivity contribution in [1.82, 2.24) is 4.57 Å². The summed E-state index contributed by atoms with van der Waals surface area (Å²) in [7, 11) is 1.66. The van der Waals surface area contributed by atoms with Crippen LogP contribution in [0.2, 0.25) is 0 Å². The zero-order valence-electron chi connectivity index (χ0n) is 10.8. The van der Waals surface area contributed by atoms with Gasteiger partial charge in [0.2, 0.25) is 0 Å². The summed E-state index contributed by atoms with van der Waals surface area (Å²) in [6.07, 6.45) is 2.03. The van der Waals surface area contributed by atoms with E-state index in [1.54, 1.807) is 19.2 Å². The van der Waals surface area contributed by atoms with Gasteiger partial charge in [-0.3, -0.25) is 0 Å². The van der Waals surface area contributed by atoms with Gasteiger partial charge in [-0.15, -0.1) is 0 Å². The van der Waals surface area contributed by atoms with Crippen LogP contribution in [0.25, 0.3) is 10.9 Å². The summed E-state index contributed by atoms with van der Waals surface area (Å²) in [4.78, 5) is 11.0. The van der Waals surface area contributed by atoms with Crippen LogP contribution in [0.3, 0.4) is 0 Å². The highest BCUT2D eigenvalue weighted by molar-refractivity contribution is 5.94. The molecule has 1 heterocycles. The molecule has 2 rings (SSSR count). The lowest BCUT2D eigenvalue weighted by molar-refractivity contribution is 0.0697. The van der Waals surface area contributed by atoms with E-state index in [1.807, 2.05) is 12.3 Å². The number of aromatic nitrogens is 1. The van der Waals surface area contributed by atoms with Crippen LogP contribution in [0.4, 0.5) is 0 Å². The van der Waals surface area contributed by atoms with E-state index in [0.29, 0.717) is 12.2 Å². The third-order valence-corrected chi connectivity index (χ3v) is 3.02. The number of hydrogen-bond acceptors (Lipinski definition) is 2. The minimum absolute atomic E-state index is 0.280. The number of benzene rings is 1. The van der Waals surface area contributed by atoms with Crippen molar-refractivity contribution in [2.24, 2.45) is 0 Å². The molecule has 0 bridgehead atoms. The second kappa shape index (κ2) is 4.82. The Bertz CT molecular complexity index is 584. The molecule has 96 valence electrons. The Labute approximate surface area is 106 Å². The van der Waals surface area contributed by atoms with Crippen molar-refractivity contribution in [2.45, 2.75) is 26.5 Å². The molecular weight excluding hydrogens is 230 g/mol. The van der Waals surface area contributed by atoms with Crippen molar-refractivity contribution < 1.29 is 14.6 Å². The van der Waals surface area contributed by atoms with E-state index in [0.717, 1.165) is 16.5 Å². The first-order valence-electron chi connectivity index (χ1n) is 5.90. The first-order valence-corrected chi connectivity index (χ1v) is 5.90. The van der Waals surface area contributed by atoms with Gasteiger partial charge in [0.05, 0.1) is 12.2 Å². The van der Waals surface area contributed by atoms with Crippen molar-refractivity contribution in [3.63, 3.8) is 0 Å². The SMILES string of the molecule is COCc1cn(C(C)C)c2cc(C(=O)O)ccc12. The minimum atomic E-state index is -0.901. The Morgan fingerprint density at radius 3 is 2.72 bits per heavy atom. The van der Waals surface area contributed by atoms with E-state index in [1.165, 1.54) is 0 Å². The molecule has 0 saturated heterocycles. The van der Waals surface area contributed by atoms with Crippen LogP contribution in [-0.2, 0) is 11.3 Å². The van der Waals surface area contributed by atoms with Crippen molar-refractivity contribution in [1.29, 1.82) is 0 Å². The Morgan fingerprint density at radius 2 is 2.17 bits per heavy atom. The zero-order valence-corrected chi connectivity index (χ0v) is 10.8. The van der Waals surface area contributed by atoms with E-state index in [9.17, 15) is 4.79 Å². The summed E-state index contributed by atoms with van der Waals surface area (Å²) in [6.45, 7) is 4.68. The standard InChI is InChI=1S/C14H17NO3/c1-9(2)15-7-11(8-18-3)12-5-4-10(14(16)17)6-13(12)15/h4-7,9H,8H2,1-3H3,(H,16,17). The molecule has 0 radical (unpaired) electrons. The van der Waals surface area contributed by atoms with Crippen LogP contribution in [0.5, 0.6) is 0 Å². The van der Waals surface area contributed by atoms with Crippen LogP contribution in [0, 0.1) is 0 Å². The van der Waals surface area contributed by atoms with Gasteiger partial charge < -0.3 is 14.4 Å². The molecule has 0 aliphatic rings. The van der Waals surface area contributed by atoms with E-state index < -0.39 is 5.97 Å². The molecule has 0 atom stereocenters. The molecule has 0 saturated carbocycles. The van der Waals surface area contributed by atoms with Crippen LogP contribution >= 0.6 is 0 Å². The van der Waals surface area contributed by atoms with Gasteiger partial charge in [0.1, 0.15) is 0 Å². The molecule has 0 aliphatic heterocycles. The quantitative estimate of drug-likeness (QED) is 0.903. The van der Waals surface area contributed by atoms with Crippen molar-refractivity contribution in [3.05, 3.63) is 35.5 Å². The summed E-state index contributed by atoms with van der Waals surface area (Å²) in [6, 6.07) is 5.49. The zero-order chi connectivity index (χ0) is 13.3. The second-order valence-corrected chi connectivity index (χ2v) is 4.63. The van der Waals surface area contributed by atoms with Gasteiger partial charge in [0.15, 0.2) is 0 Å². The highest BCUT2D eigenvalue weighted by atomic mass is 16.5. The highest BCUT2D eigenvalue weighted by Crippen LogP contribution is 2.26. The van der Waals surface area contributed by atoms with Gasteiger partial charge in [-0.05, 0) is 26.0 Å². The fourth-order valence-corrected chi connectivity index (χ4v) is 2.15. The van der Waals surface area contributed by atoms with Gasteiger partial charge >= 0.3 is 5.97 Å². The summed E-state index contributed by atoms with van der Waals surface area (Å²) >= 11 is 0. The average molecular weight is 247 g/mol. The number of hydrogen-bond donors (Lipinski definition) is 1. The highest BCUT2D eigenvalue weighted by Gasteiger charge is 2.13. The van der Waals surface area contributed by atoms with Gasteiger partial charge in [0, 0.05) is 35.8 Å². The van der Waals surface area contributed by atoms with Crippen LogP contribution in [0.15, 0.2) is 24.4 Å². The molecule has 0 aliphatic carbocycles. The molecule has 2 aromatic rings. The maximum atomic E-state index is 11.0. The number of carboxylic acid groups (broad SMARTS) is 1. The molecule has 1 aromatic heterocycles. The number of methoxy groups -OCH3 is 1. The molecule has 4 nitrogen and oxygen atoms in total. The molecule has 0 unspecified atom stereocenters. The normalized spacial score (nSPS) is 11.3. The molecule has 18 heavy (non-hydrogen) atoms. The van der Waals surface area contributed by atoms with Gasteiger partial charge in [-0.2, -0.15) is 0 Å². The molecule has 0 amide bonds. The van der Waals surface area contributed by atoms with Crippen molar-refractivity contribution in [2.75, 3.05) is 7.11 Å². The average Bonchev–Trinajstić information content (AvgIpc) is 2.68. The second-order valence-electron chi connectivity index (χ2n) is 4.63. The minimum Gasteiger partial charge on any atom is -0.478 e. The Morgan fingerprint density at radius 1 is 1.44 bits per heavy atom. The first-order chi connectivity index (χ1) is 8.54. The smallest absolute Gasteiger partial charge is 0.335 e. The van der Waals surface area contributed by atoms with E-state index in [-0.39, 0.29) is 6.04 Å². The van der Waals surface area contributed by atoms with Crippen LogP contribution in [0.1, 0.15) is 35.8 Å². The number of carboxylic acids is 1. The summed E-state index contributed by atoms with van der Waals surface area (Å²) in [5.74, 6) is -0.901. The molecular formula is C14H17NO3. The predicted octanol–water partition coefficient (Wildman–Crippen LogP) is 3.07. The largest absolute Gasteiger partial charge is 0.478 e. The fraction of sp³-hybridized carbons (Fsp3) is 0.357. The predicted molar refractivity (Wildman–Crippen MR) is 70.0 cm³/mol. The first kappa shape index (κ1) is 12.6. The number of nitrogens with zero attached hydrogens (tertiary/aromatic N) is 1. The summed E-state index contributed by atoms with van der Waals surface area (Å²) in [5.41, 5.74) is 2.33. The van der Waals surface area contributed by atoms with Crippen LogP contribution in [-0.4, -0.2) is 22.8 Å². The molecule has 1 aromatic carbocycles. The number of rotatable bonds is 4. The Balaban J connectivity index is 2.67. The fourth-order valence-electron chi connectivity index (χ4n) is 2.15. The van der Waals surface area contributed by atoms with Gasteiger partial charge in [0.25, 0.3) is 0 Å². The van der Waals surface area contributed by atoms with Crippen LogP contribution < -0.4 is 0 Å². The maximum absolute atomic E-state index is 11.0. The number of aromatic carboxylic acids is 1.